The number of rotatable bonds is 5. The van der Waals surface area contributed by atoms with Gasteiger partial charge in [-0.2, -0.15) is 0 Å². The second kappa shape index (κ2) is 5.03. The Morgan fingerprint density at radius 3 is 3.11 bits per heavy atom. The molecule has 2 atom stereocenters. The minimum absolute atomic E-state index is 0.0734. The third-order valence-electron chi connectivity index (χ3n) is 3.23. The molecule has 5 heteroatoms. The molecule has 100 valence electrons. The van der Waals surface area contributed by atoms with Gasteiger partial charge in [0, 0.05) is 23.5 Å². The Morgan fingerprint density at radius 2 is 2.32 bits per heavy atom. The van der Waals surface area contributed by atoms with E-state index in [1.165, 1.54) is 0 Å². The molecule has 0 bridgehead atoms. The lowest BCUT2D eigenvalue weighted by Crippen LogP contribution is -2.35. The zero-order valence-electron chi connectivity index (χ0n) is 10.5. The van der Waals surface area contributed by atoms with E-state index in [9.17, 15) is 4.79 Å². The Balaban J connectivity index is 1.64. The van der Waals surface area contributed by atoms with Gasteiger partial charge in [0.2, 0.25) is 0 Å². The number of para-hydroxylation sites is 1. The van der Waals surface area contributed by atoms with Crippen molar-refractivity contribution in [2.45, 2.75) is 18.6 Å². The number of aromatic amines is 1. The molecule has 1 aromatic heterocycles. The zero-order valence-corrected chi connectivity index (χ0v) is 10.5. The van der Waals surface area contributed by atoms with Gasteiger partial charge in [0.1, 0.15) is 18.8 Å². The highest BCUT2D eigenvalue weighted by Gasteiger charge is 2.26. The van der Waals surface area contributed by atoms with Crippen LogP contribution in [0.1, 0.15) is 5.56 Å². The first-order valence-electron chi connectivity index (χ1n) is 6.33. The molecule has 0 aliphatic carbocycles. The maximum Gasteiger partial charge on any atom is 0.323 e. The number of benzene rings is 1. The highest BCUT2D eigenvalue weighted by atomic mass is 16.6. The lowest BCUT2D eigenvalue weighted by Gasteiger charge is -2.10. The monoisotopic (exact) mass is 260 g/mol. The predicted molar refractivity (Wildman–Crippen MR) is 70.7 cm³/mol. The SMILES string of the molecule is N[C@@H](Cc1c[nH]c2ccccc12)C(=O)OCC1CO1. The summed E-state index contributed by atoms with van der Waals surface area (Å²) in [5, 5.41) is 1.09. The molecule has 0 saturated carbocycles. The highest BCUT2D eigenvalue weighted by molar-refractivity contribution is 5.84. The molecule has 5 nitrogen and oxygen atoms in total. The summed E-state index contributed by atoms with van der Waals surface area (Å²) in [6.07, 6.45) is 2.43. The lowest BCUT2D eigenvalue weighted by atomic mass is 10.1. The maximum atomic E-state index is 11.7. The largest absolute Gasteiger partial charge is 0.462 e. The van der Waals surface area contributed by atoms with E-state index in [4.69, 9.17) is 15.2 Å². The summed E-state index contributed by atoms with van der Waals surface area (Å²) in [4.78, 5) is 14.9. The Kier molecular flexibility index (Phi) is 3.23. The molecule has 1 saturated heterocycles. The van der Waals surface area contributed by atoms with E-state index in [2.05, 4.69) is 4.98 Å². The van der Waals surface area contributed by atoms with Crippen LogP contribution in [0.2, 0.25) is 0 Å². The fraction of sp³-hybridized carbons (Fsp3) is 0.357. The fourth-order valence-electron chi connectivity index (χ4n) is 2.07. The molecule has 1 aliphatic heterocycles. The van der Waals surface area contributed by atoms with Gasteiger partial charge in [-0.1, -0.05) is 18.2 Å². The van der Waals surface area contributed by atoms with Crippen LogP contribution in [0.15, 0.2) is 30.5 Å². The second-order valence-electron chi connectivity index (χ2n) is 4.76. The lowest BCUT2D eigenvalue weighted by molar-refractivity contribution is -0.145. The van der Waals surface area contributed by atoms with Gasteiger partial charge < -0.3 is 20.2 Å². The minimum atomic E-state index is -0.641. The topological polar surface area (TPSA) is 80.6 Å². The number of H-pyrrole nitrogens is 1. The van der Waals surface area contributed by atoms with E-state index in [-0.39, 0.29) is 12.1 Å². The van der Waals surface area contributed by atoms with Gasteiger partial charge in [-0.25, -0.2) is 0 Å². The van der Waals surface area contributed by atoms with Crippen LogP contribution in [-0.2, 0) is 20.7 Å². The molecule has 1 aliphatic rings. The highest BCUT2D eigenvalue weighted by Crippen LogP contribution is 2.19. The van der Waals surface area contributed by atoms with Gasteiger partial charge >= 0.3 is 5.97 Å². The van der Waals surface area contributed by atoms with Crippen LogP contribution in [0.3, 0.4) is 0 Å². The molecule has 3 N–H and O–H groups in total. The van der Waals surface area contributed by atoms with Crippen LogP contribution in [0.5, 0.6) is 0 Å². The molecule has 2 aromatic rings. The molecule has 1 aromatic carbocycles. The molecule has 0 amide bonds. The molecule has 1 unspecified atom stereocenters. The van der Waals surface area contributed by atoms with E-state index in [1.807, 2.05) is 30.5 Å². The Morgan fingerprint density at radius 1 is 1.53 bits per heavy atom. The first kappa shape index (κ1) is 12.2. The summed E-state index contributed by atoms with van der Waals surface area (Å²) < 4.78 is 10.1. The van der Waals surface area contributed by atoms with E-state index in [0.717, 1.165) is 16.5 Å². The molecule has 3 rings (SSSR count). The van der Waals surface area contributed by atoms with E-state index in [0.29, 0.717) is 19.6 Å². The number of hydrogen-bond acceptors (Lipinski definition) is 4. The van der Waals surface area contributed by atoms with Crippen LogP contribution in [-0.4, -0.2) is 36.3 Å². The van der Waals surface area contributed by atoms with E-state index >= 15 is 0 Å². The van der Waals surface area contributed by atoms with E-state index < -0.39 is 6.04 Å². The Hall–Kier alpha value is -1.85. The normalized spacial score (nSPS) is 19.3. The number of fused-ring (bicyclic) bond motifs is 1. The van der Waals surface area contributed by atoms with Crippen molar-refractivity contribution in [3.05, 3.63) is 36.0 Å². The number of esters is 1. The number of ether oxygens (including phenoxy) is 2. The predicted octanol–water partition coefficient (Wildman–Crippen LogP) is 0.980. The van der Waals surface area contributed by atoms with Crippen LogP contribution in [0, 0.1) is 0 Å². The minimum Gasteiger partial charge on any atom is -0.462 e. The number of epoxide rings is 1. The van der Waals surface area contributed by atoms with Crippen molar-refractivity contribution in [3.63, 3.8) is 0 Å². The fourth-order valence-corrected chi connectivity index (χ4v) is 2.07. The van der Waals surface area contributed by atoms with Crippen LogP contribution in [0.25, 0.3) is 10.9 Å². The zero-order chi connectivity index (χ0) is 13.2. The first-order chi connectivity index (χ1) is 9.24. The number of nitrogens with one attached hydrogen (secondary N) is 1. The summed E-state index contributed by atoms with van der Waals surface area (Å²) in [5.41, 5.74) is 7.95. The third-order valence-corrected chi connectivity index (χ3v) is 3.23. The molecule has 19 heavy (non-hydrogen) atoms. The molecule has 2 heterocycles. The molecule has 0 radical (unpaired) electrons. The molecular formula is C14H16N2O3. The van der Waals surface area contributed by atoms with Crippen molar-refractivity contribution in [3.8, 4) is 0 Å². The van der Waals surface area contributed by atoms with Gasteiger partial charge in [-0.3, -0.25) is 4.79 Å². The van der Waals surface area contributed by atoms with Gasteiger partial charge in [0.15, 0.2) is 0 Å². The van der Waals surface area contributed by atoms with E-state index in [1.54, 1.807) is 0 Å². The first-order valence-corrected chi connectivity index (χ1v) is 6.33. The van der Waals surface area contributed by atoms with Crippen molar-refractivity contribution < 1.29 is 14.3 Å². The number of aromatic nitrogens is 1. The molecule has 0 spiro atoms. The Labute approximate surface area is 110 Å². The quantitative estimate of drug-likeness (QED) is 0.620. The van der Waals surface area contributed by atoms with Crippen molar-refractivity contribution in [2.75, 3.05) is 13.2 Å². The summed E-state index contributed by atoms with van der Waals surface area (Å²) >= 11 is 0. The maximum absolute atomic E-state index is 11.7. The van der Waals surface area contributed by atoms with Gasteiger partial charge in [-0.05, 0) is 11.6 Å². The molecular weight excluding hydrogens is 244 g/mol. The molecule has 1 fully saturated rings. The number of hydrogen-bond donors (Lipinski definition) is 2. The van der Waals surface area contributed by atoms with Crippen molar-refractivity contribution in [1.82, 2.24) is 4.98 Å². The van der Waals surface area contributed by atoms with Crippen LogP contribution < -0.4 is 5.73 Å². The summed E-state index contributed by atoms with van der Waals surface area (Å²) in [6, 6.07) is 7.29. The summed E-state index contributed by atoms with van der Waals surface area (Å²) in [7, 11) is 0. The van der Waals surface area contributed by atoms with Crippen molar-refractivity contribution >= 4 is 16.9 Å². The van der Waals surface area contributed by atoms with Crippen LogP contribution in [0.4, 0.5) is 0 Å². The number of carbonyl (C=O) groups is 1. The Bertz CT molecular complexity index is 589. The summed E-state index contributed by atoms with van der Waals surface area (Å²) in [5.74, 6) is -0.374. The number of carbonyl (C=O) groups excluding carboxylic acids is 1. The second-order valence-corrected chi connectivity index (χ2v) is 4.76. The van der Waals surface area contributed by atoms with Crippen LogP contribution >= 0.6 is 0 Å². The van der Waals surface area contributed by atoms with Crippen molar-refractivity contribution in [1.29, 1.82) is 0 Å². The average molecular weight is 260 g/mol. The smallest absolute Gasteiger partial charge is 0.323 e. The van der Waals surface area contributed by atoms with Crippen molar-refractivity contribution in [2.24, 2.45) is 5.73 Å². The van der Waals surface area contributed by atoms with Gasteiger partial charge in [0.25, 0.3) is 0 Å². The number of nitrogens with two attached hydrogens (primary N) is 1. The summed E-state index contributed by atoms with van der Waals surface area (Å²) in [6.45, 7) is 0.978. The average Bonchev–Trinajstić information content (AvgIpc) is 3.18. The third kappa shape index (κ3) is 2.77. The van der Waals surface area contributed by atoms with Gasteiger partial charge in [0.05, 0.1) is 6.61 Å². The standard InChI is InChI=1S/C14H16N2O3/c15-12(14(17)19-8-10-7-18-10)5-9-6-16-13-4-2-1-3-11(9)13/h1-4,6,10,12,16H,5,7-8,15H2/t10?,12-/m0/s1. The van der Waals surface area contributed by atoms with Gasteiger partial charge in [-0.15, -0.1) is 0 Å².